The second-order valence-corrected chi connectivity index (χ2v) is 4.33. The zero-order chi connectivity index (χ0) is 12.0. The van der Waals surface area contributed by atoms with Crippen molar-refractivity contribution in [1.82, 2.24) is 0 Å². The molecule has 1 unspecified atom stereocenters. The quantitative estimate of drug-likeness (QED) is 0.801. The Morgan fingerprint density at radius 3 is 2.62 bits per heavy atom. The summed E-state index contributed by atoms with van der Waals surface area (Å²) in [6.07, 6.45) is 2.98. The van der Waals surface area contributed by atoms with E-state index in [1.807, 2.05) is 6.92 Å². The van der Waals surface area contributed by atoms with Gasteiger partial charge in [-0.15, -0.1) is 0 Å². The van der Waals surface area contributed by atoms with Gasteiger partial charge in [0.1, 0.15) is 5.75 Å². The average Bonchev–Trinajstić information content (AvgIpc) is 2.26. The van der Waals surface area contributed by atoms with E-state index in [0.717, 1.165) is 31.6 Å². The summed E-state index contributed by atoms with van der Waals surface area (Å²) in [5.74, 6) is 1.03. The van der Waals surface area contributed by atoms with Gasteiger partial charge in [-0.05, 0) is 43.4 Å². The highest BCUT2D eigenvalue weighted by molar-refractivity contribution is 5.37. The third-order valence-electron chi connectivity index (χ3n) is 2.53. The van der Waals surface area contributed by atoms with Crippen molar-refractivity contribution in [2.24, 2.45) is 5.73 Å². The van der Waals surface area contributed by atoms with Gasteiger partial charge in [-0.25, -0.2) is 0 Å². The van der Waals surface area contributed by atoms with Crippen LogP contribution < -0.4 is 10.5 Å². The molecule has 0 aliphatic rings. The first-order valence-electron chi connectivity index (χ1n) is 6.17. The van der Waals surface area contributed by atoms with Crippen molar-refractivity contribution >= 4 is 0 Å². The molecule has 0 saturated carbocycles. The van der Waals surface area contributed by atoms with Crippen LogP contribution in [0.1, 0.15) is 38.3 Å². The van der Waals surface area contributed by atoms with Gasteiger partial charge in [-0.1, -0.05) is 26.0 Å². The van der Waals surface area contributed by atoms with Crippen LogP contribution in [0.5, 0.6) is 5.75 Å². The number of benzene rings is 1. The highest BCUT2D eigenvalue weighted by Gasteiger charge is 2.05. The van der Waals surface area contributed by atoms with E-state index in [1.54, 1.807) is 0 Å². The summed E-state index contributed by atoms with van der Waals surface area (Å²) >= 11 is 0. The molecule has 0 spiro atoms. The highest BCUT2D eigenvalue weighted by Crippen LogP contribution is 2.21. The molecule has 0 saturated heterocycles. The maximum absolute atomic E-state index is 5.80. The van der Waals surface area contributed by atoms with Gasteiger partial charge in [0.2, 0.25) is 0 Å². The highest BCUT2D eigenvalue weighted by atomic mass is 16.5. The Labute approximate surface area is 98.8 Å². The molecule has 0 fully saturated rings. The van der Waals surface area contributed by atoms with Crippen molar-refractivity contribution < 1.29 is 4.74 Å². The monoisotopic (exact) mass is 221 g/mol. The Morgan fingerprint density at radius 1 is 1.31 bits per heavy atom. The van der Waals surface area contributed by atoms with Crippen LogP contribution in [0.15, 0.2) is 18.2 Å². The van der Waals surface area contributed by atoms with Crippen molar-refractivity contribution in [2.45, 2.75) is 46.1 Å². The molecule has 0 radical (unpaired) electrons. The zero-order valence-electron chi connectivity index (χ0n) is 10.6. The molecule has 2 heteroatoms. The van der Waals surface area contributed by atoms with Crippen molar-refractivity contribution in [3.8, 4) is 5.75 Å². The SMILES string of the molecule is CCCOc1ccc(CC(C)N)cc1CC. The number of aryl methyl sites for hydroxylation is 1. The third-order valence-corrected chi connectivity index (χ3v) is 2.53. The summed E-state index contributed by atoms with van der Waals surface area (Å²) in [7, 11) is 0. The molecule has 0 aliphatic heterocycles. The minimum atomic E-state index is 0.215. The van der Waals surface area contributed by atoms with E-state index in [1.165, 1.54) is 11.1 Å². The fourth-order valence-corrected chi connectivity index (χ4v) is 1.76. The molecule has 16 heavy (non-hydrogen) atoms. The van der Waals surface area contributed by atoms with Crippen LogP contribution in [-0.4, -0.2) is 12.6 Å². The molecule has 1 aromatic carbocycles. The van der Waals surface area contributed by atoms with E-state index in [2.05, 4.69) is 32.0 Å². The van der Waals surface area contributed by atoms with Crippen LogP contribution in [0, 0.1) is 0 Å². The fourth-order valence-electron chi connectivity index (χ4n) is 1.76. The predicted molar refractivity (Wildman–Crippen MR) is 69.0 cm³/mol. The Kier molecular flexibility index (Phi) is 5.33. The lowest BCUT2D eigenvalue weighted by Gasteiger charge is -2.12. The van der Waals surface area contributed by atoms with E-state index in [-0.39, 0.29) is 6.04 Å². The molecule has 1 aromatic rings. The topological polar surface area (TPSA) is 35.2 Å². The number of hydrogen-bond acceptors (Lipinski definition) is 2. The first-order valence-corrected chi connectivity index (χ1v) is 6.17. The lowest BCUT2D eigenvalue weighted by molar-refractivity contribution is 0.314. The van der Waals surface area contributed by atoms with Gasteiger partial charge in [0, 0.05) is 6.04 Å². The van der Waals surface area contributed by atoms with Crippen LogP contribution >= 0.6 is 0 Å². The molecular formula is C14H23NO. The van der Waals surface area contributed by atoms with E-state index in [9.17, 15) is 0 Å². The van der Waals surface area contributed by atoms with Gasteiger partial charge < -0.3 is 10.5 Å². The summed E-state index contributed by atoms with van der Waals surface area (Å²) in [5, 5.41) is 0. The molecular weight excluding hydrogens is 198 g/mol. The first kappa shape index (κ1) is 13.0. The van der Waals surface area contributed by atoms with E-state index < -0.39 is 0 Å². The number of rotatable bonds is 6. The maximum Gasteiger partial charge on any atom is 0.122 e. The molecule has 0 heterocycles. The van der Waals surface area contributed by atoms with Gasteiger partial charge in [0.25, 0.3) is 0 Å². The summed E-state index contributed by atoms with van der Waals surface area (Å²) in [6, 6.07) is 6.63. The average molecular weight is 221 g/mol. The smallest absolute Gasteiger partial charge is 0.122 e. The van der Waals surface area contributed by atoms with E-state index in [0.29, 0.717) is 0 Å². The molecule has 2 N–H and O–H groups in total. The van der Waals surface area contributed by atoms with Crippen molar-refractivity contribution in [3.63, 3.8) is 0 Å². The van der Waals surface area contributed by atoms with E-state index in [4.69, 9.17) is 10.5 Å². The largest absolute Gasteiger partial charge is 0.493 e. The van der Waals surface area contributed by atoms with E-state index >= 15 is 0 Å². The van der Waals surface area contributed by atoms with Crippen molar-refractivity contribution in [3.05, 3.63) is 29.3 Å². The Hall–Kier alpha value is -1.02. The van der Waals surface area contributed by atoms with Crippen LogP contribution in [0.3, 0.4) is 0 Å². The molecule has 0 aromatic heterocycles. The van der Waals surface area contributed by atoms with Gasteiger partial charge >= 0.3 is 0 Å². The molecule has 0 bridgehead atoms. The maximum atomic E-state index is 5.80. The van der Waals surface area contributed by atoms with Gasteiger partial charge in [-0.3, -0.25) is 0 Å². The van der Waals surface area contributed by atoms with Gasteiger partial charge in [0.15, 0.2) is 0 Å². The second kappa shape index (κ2) is 6.54. The van der Waals surface area contributed by atoms with Crippen LogP contribution in [0.4, 0.5) is 0 Å². The second-order valence-electron chi connectivity index (χ2n) is 4.33. The Balaban J connectivity index is 2.79. The minimum absolute atomic E-state index is 0.215. The van der Waals surface area contributed by atoms with Crippen LogP contribution in [-0.2, 0) is 12.8 Å². The van der Waals surface area contributed by atoms with Crippen molar-refractivity contribution in [2.75, 3.05) is 6.61 Å². The molecule has 90 valence electrons. The Bertz CT molecular complexity index is 321. The molecule has 1 atom stereocenters. The summed E-state index contributed by atoms with van der Waals surface area (Å²) in [4.78, 5) is 0. The zero-order valence-corrected chi connectivity index (χ0v) is 10.6. The van der Waals surface area contributed by atoms with Crippen LogP contribution in [0.2, 0.25) is 0 Å². The van der Waals surface area contributed by atoms with Gasteiger partial charge in [0.05, 0.1) is 6.61 Å². The summed E-state index contributed by atoms with van der Waals surface area (Å²) in [5.41, 5.74) is 8.39. The number of ether oxygens (including phenoxy) is 1. The molecule has 2 nitrogen and oxygen atoms in total. The molecule has 1 rings (SSSR count). The minimum Gasteiger partial charge on any atom is -0.493 e. The standard InChI is InChI=1S/C14H23NO/c1-4-8-16-14-7-6-12(9-11(3)15)10-13(14)5-2/h6-7,10-11H,4-5,8-9,15H2,1-3H3. The predicted octanol–water partition coefficient (Wildman–Crippen LogP) is 2.93. The number of nitrogens with two attached hydrogens (primary N) is 1. The fraction of sp³-hybridized carbons (Fsp3) is 0.571. The van der Waals surface area contributed by atoms with Gasteiger partial charge in [-0.2, -0.15) is 0 Å². The first-order chi connectivity index (χ1) is 7.67. The third kappa shape index (κ3) is 3.86. The molecule has 0 amide bonds. The lowest BCUT2D eigenvalue weighted by atomic mass is 10.0. The van der Waals surface area contributed by atoms with Crippen molar-refractivity contribution in [1.29, 1.82) is 0 Å². The van der Waals surface area contributed by atoms with Crippen LogP contribution in [0.25, 0.3) is 0 Å². The summed E-state index contributed by atoms with van der Waals surface area (Å²) < 4.78 is 5.71. The number of hydrogen-bond donors (Lipinski definition) is 1. The Morgan fingerprint density at radius 2 is 2.06 bits per heavy atom. The lowest BCUT2D eigenvalue weighted by Crippen LogP contribution is -2.17. The normalized spacial score (nSPS) is 12.5. The molecule has 0 aliphatic carbocycles. The summed E-state index contributed by atoms with van der Waals surface area (Å²) in [6.45, 7) is 7.10.